The second-order valence-corrected chi connectivity index (χ2v) is 7.16. The topological polar surface area (TPSA) is 73.9 Å². The van der Waals surface area contributed by atoms with Crippen LogP contribution in [0.1, 0.15) is 18.5 Å². The standard InChI is InChI=1S/C17H19N5OS/c1-11-9-15(23)21-16(18-11)22-8-4-5-12(10-22)19-17-20-13-6-2-3-7-14(13)24-17/h2-3,6-7,9,12H,4-5,8,10H2,1H3,(H,19,20)(H,18,21,23). The summed E-state index contributed by atoms with van der Waals surface area (Å²) in [5.41, 5.74) is 1.68. The normalized spacial score (nSPS) is 18.0. The number of aromatic amines is 1. The summed E-state index contributed by atoms with van der Waals surface area (Å²) < 4.78 is 1.19. The van der Waals surface area contributed by atoms with Crippen molar-refractivity contribution in [3.05, 3.63) is 46.4 Å². The number of benzene rings is 1. The van der Waals surface area contributed by atoms with Gasteiger partial charge in [0.1, 0.15) is 0 Å². The summed E-state index contributed by atoms with van der Waals surface area (Å²) in [5.74, 6) is 0.663. The molecule has 0 saturated carbocycles. The van der Waals surface area contributed by atoms with Gasteiger partial charge in [-0.25, -0.2) is 9.97 Å². The summed E-state index contributed by atoms with van der Waals surface area (Å²) >= 11 is 1.68. The van der Waals surface area contributed by atoms with Crippen LogP contribution in [-0.4, -0.2) is 34.1 Å². The fourth-order valence-electron chi connectivity index (χ4n) is 3.11. The smallest absolute Gasteiger partial charge is 0.252 e. The molecular formula is C17H19N5OS. The molecule has 1 aliphatic heterocycles. The van der Waals surface area contributed by atoms with E-state index in [1.807, 2.05) is 25.1 Å². The molecule has 3 heterocycles. The Kier molecular flexibility index (Phi) is 3.93. The first-order valence-corrected chi connectivity index (χ1v) is 8.94. The Morgan fingerprint density at radius 1 is 1.33 bits per heavy atom. The van der Waals surface area contributed by atoms with E-state index in [1.54, 1.807) is 11.3 Å². The number of fused-ring (bicyclic) bond motifs is 1. The van der Waals surface area contributed by atoms with Crippen LogP contribution in [0.4, 0.5) is 11.1 Å². The van der Waals surface area contributed by atoms with Gasteiger partial charge in [0.15, 0.2) is 5.13 Å². The van der Waals surface area contributed by atoms with Crippen molar-refractivity contribution in [1.29, 1.82) is 0 Å². The van der Waals surface area contributed by atoms with Crippen LogP contribution in [0.15, 0.2) is 35.1 Å². The van der Waals surface area contributed by atoms with Crippen molar-refractivity contribution in [2.75, 3.05) is 23.3 Å². The molecule has 7 heteroatoms. The minimum Gasteiger partial charge on any atom is -0.357 e. The van der Waals surface area contributed by atoms with Gasteiger partial charge in [-0.05, 0) is 31.9 Å². The van der Waals surface area contributed by atoms with E-state index >= 15 is 0 Å². The van der Waals surface area contributed by atoms with Crippen LogP contribution in [0.3, 0.4) is 0 Å². The monoisotopic (exact) mass is 341 g/mol. The van der Waals surface area contributed by atoms with Gasteiger partial charge >= 0.3 is 0 Å². The predicted octanol–water partition coefficient (Wildman–Crippen LogP) is 2.77. The van der Waals surface area contributed by atoms with Crippen LogP contribution in [0.25, 0.3) is 10.2 Å². The summed E-state index contributed by atoms with van der Waals surface area (Å²) in [6.45, 7) is 3.56. The van der Waals surface area contributed by atoms with Crippen molar-refractivity contribution in [3.63, 3.8) is 0 Å². The molecule has 6 nitrogen and oxygen atoms in total. The van der Waals surface area contributed by atoms with E-state index in [2.05, 4.69) is 31.2 Å². The van der Waals surface area contributed by atoms with Gasteiger partial charge in [-0.3, -0.25) is 9.78 Å². The number of aromatic nitrogens is 3. The van der Waals surface area contributed by atoms with E-state index in [0.717, 1.165) is 42.3 Å². The van der Waals surface area contributed by atoms with Crippen LogP contribution in [-0.2, 0) is 0 Å². The highest BCUT2D eigenvalue weighted by molar-refractivity contribution is 7.22. The van der Waals surface area contributed by atoms with Gasteiger partial charge in [-0.1, -0.05) is 23.5 Å². The number of thiazole rings is 1. The van der Waals surface area contributed by atoms with E-state index < -0.39 is 0 Å². The third-order valence-electron chi connectivity index (χ3n) is 4.20. The van der Waals surface area contributed by atoms with Crippen LogP contribution in [0, 0.1) is 6.92 Å². The molecular weight excluding hydrogens is 322 g/mol. The quantitative estimate of drug-likeness (QED) is 0.766. The van der Waals surface area contributed by atoms with Crippen molar-refractivity contribution >= 4 is 32.6 Å². The predicted molar refractivity (Wildman–Crippen MR) is 98.1 cm³/mol. The van der Waals surface area contributed by atoms with Gasteiger partial charge in [0.05, 0.1) is 10.2 Å². The highest BCUT2D eigenvalue weighted by Gasteiger charge is 2.22. The lowest BCUT2D eigenvalue weighted by molar-refractivity contribution is 0.522. The van der Waals surface area contributed by atoms with E-state index in [-0.39, 0.29) is 5.56 Å². The minimum atomic E-state index is -0.0984. The third kappa shape index (κ3) is 3.12. The first-order valence-electron chi connectivity index (χ1n) is 8.12. The van der Waals surface area contributed by atoms with Gasteiger partial charge in [-0.15, -0.1) is 0 Å². The van der Waals surface area contributed by atoms with Gasteiger partial charge in [0.25, 0.3) is 5.56 Å². The summed E-state index contributed by atoms with van der Waals surface area (Å²) in [5, 5.41) is 4.50. The number of para-hydroxylation sites is 1. The maximum absolute atomic E-state index is 11.7. The van der Waals surface area contributed by atoms with E-state index in [1.165, 1.54) is 10.8 Å². The van der Waals surface area contributed by atoms with Crippen LogP contribution < -0.4 is 15.8 Å². The zero-order valence-electron chi connectivity index (χ0n) is 13.5. The molecule has 0 aliphatic carbocycles. The maximum atomic E-state index is 11.7. The fraction of sp³-hybridized carbons (Fsp3) is 0.353. The van der Waals surface area contributed by atoms with Crippen LogP contribution >= 0.6 is 11.3 Å². The highest BCUT2D eigenvalue weighted by atomic mass is 32.1. The van der Waals surface area contributed by atoms with Crippen molar-refractivity contribution < 1.29 is 0 Å². The van der Waals surface area contributed by atoms with E-state index in [4.69, 9.17) is 0 Å². The number of piperidine rings is 1. The molecule has 1 fully saturated rings. The Bertz CT molecular complexity index is 885. The zero-order chi connectivity index (χ0) is 16.5. The van der Waals surface area contributed by atoms with E-state index in [9.17, 15) is 4.79 Å². The molecule has 3 aromatic rings. The molecule has 0 radical (unpaired) electrons. The molecule has 1 atom stereocenters. The molecule has 1 aromatic carbocycles. The molecule has 124 valence electrons. The van der Waals surface area contributed by atoms with Gasteiger partial charge in [0.2, 0.25) is 5.95 Å². The highest BCUT2D eigenvalue weighted by Crippen LogP contribution is 2.27. The molecule has 0 amide bonds. The minimum absolute atomic E-state index is 0.0984. The summed E-state index contributed by atoms with van der Waals surface area (Å²) in [7, 11) is 0. The number of rotatable bonds is 3. The number of aryl methyl sites for hydroxylation is 1. The average molecular weight is 341 g/mol. The fourth-order valence-corrected chi connectivity index (χ4v) is 4.05. The lowest BCUT2D eigenvalue weighted by Gasteiger charge is -2.33. The van der Waals surface area contributed by atoms with Gasteiger partial charge in [-0.2, -0.15) is 0 Å². The van der Waals surface area contributed by atoms with E-state index in [0.29, 0.717) is 12.0 Å². The second-order valence-electron chi connectivity index (χ2n) is 6.13. The Hall–Kier alpha value is -2.41. The Balaban J connectivity index is 1.51. The lowest BCUT2D eigenvalue weighted by Crippen LogP contribution is -2.43. The van der Waals surface area contributed by atoms with Gasteiger partial charge in [0, 0.05) is 30.9 Å². The third-order valence-corrected chi connectivity index (χ3v) is 5.17. The molecule has 1 saturated heterocycles. The molecule has 2 aromatic heterocycles. The summed E-state index contributed by atoms with van der Waals surface area (Å²) in [4.78, 5) is 25.8. The van der Waals surface area contributed by atoms with Crippen molar-refractivity contribution in [2.45, 2.75) is 25.8 Å². The molecule has 0 spiro atoms. The van der Waals surface area contributed by atoms with Crippen molar-refractivity contribution in [2.24, 2.45) is 0 Å². The second kappa shape index (κ2) is 6.24. The summed E-state index contributed by atoms with van der Waals surface area (Å²) in [6, 6.07) is 9.98. The molecule has 24 heavy (non-hydrogen) atoms. The molecule has 4 rings (SSSR count). The van der Waals surface area contributed by atoms with Crippen molar-refractivity contribution in [1.82, 2.24) is 15.0 Å². The Morgan fingerprint density at radius 2 is 2.21 bits per heavy atom. The maximum Gasteiger partial charge on any atom is 0.252 e. The number of hydrogen-bond acceptors (Lipinski definition) is 6. The molecule has 2 N–H and O–H groups in total. The zero-order valence-corrected chi connectivity index (χ0v) is 14.3. The lowest BCUT2D eigenvalue weighted by atomic mass is 10.1. The largest absolute Gasteiger partial charge is 0.357 e. The Morgan fingerprint density at radius 3 is 3.04 bits per heavy atom. The first-order chi connectivity index (χ1) is 11.7. The molecule has 0 bridgehead atoms. The van der Waals surface area contributed by atoms with Crippen molar-refractivity contribution in [3.8, 4) is 0 Å². The number of anilines is 2. The molecule has 1 aliphatic rings. The number of H-pyrrole nitrogens is 1. The SMILES string of the molecule is Cc1cc(=O)[nH]c(N2CCCC(Nc3nc4ccccc4s3)C2)n1. The average Bonchev–Trinajstić information content (AvgIpc) is 2.96. The van der Waals surface area contributed by atoms with Crippen LogP contribution in [0.2, 0.25) is 0 Å². The van der Waals surface area contributed by atoms with Crippen LogP contribution in [0.5, 0.6) is 0 Å². The number of nitrogens with one attached hydrogen (secondary N) is 2. The number of hydrogen-bond donors (Lipinski definition) is 2. The number of nitrogens with zero attached hydrogens (tertiary/aromatic N) is 3. The van der Waals surface area contributed by atoms with Gasteiger partial charge < -0.3 is 10.2 Å². The summed E-state index contributed by atoms with van der Waals surface area (Å²) in [6.07, 6.45) is 2.14. The Labute approximate surface area is 143 Å². The first kappa shape index (κ1) is 15.1. The molecule has 1 unspecified atom stereocenters.